The number of carbonyl (C=O) groups is 12. The smallest absolute Gasteiger partial charge is 0.326 e. The van der Waals surface area contributed by atoms with Crippen LogP contribution < -0.4 is 48.3 Å². The van der Waals surface area contributed by atoms with Gasteiger partial charge in [-0.05, 0) is 102 Å². The van der Waals surface area contributed by atoms with E-state index in [4.69, 9.17) is 5.73 Å². The SMILES string of the molecule is CC[C@H](C)[C@H](NC(=O)[C@@H]1CCCN1C(=O)[C@@H]1CCCN1C(=O)[C@@H](NC(=O)[C@H](CO)NC(=O)[C@H](CCCCN)NC(=O)[C@@H](NC(=O)[C@H](CS)NC(=O)[C@H](CC(=O)O)NC(=O)[C@@H]1CCCN1C(=O)[C@@H]1CCCN1)[C@@H](C)O)[C@@H](C)CC)C(=O)O. The van der Waals surface area contributed by atoms with Crippen molar-refractivity contribution in [2.24, 2.45) is 17.6 Å². The number of nitrogens with zero attached hydrogens (tertiary/aromatic N) is 3. The van der Waals surface area contributed by atoms with Crippen molar-refractivity contribution in [1.29, 1.82) is 0 Å². The van der Waals surface area contributed by atoms with Crippen LogP contribution in [0.5, 0.6) is 0 Å². The van der Waals surface area contributed by atoms with Gasteiger partial charge in [0.05, 0.1) is 25.2 Å². The molecule has 456 valence electrons. The highest BCUT2D eigenvalue weighted by Crippen LogP contribution is 2.28. The fourth-order valence-electron chi connectivity index (χ4n) is 10.5. The number of nitrogens with one attached hydrogen (secondary N) is 8. The Morgan fingerprint density at radius 2 is 1.09 bits per heavy atom. The molecule has 4 fully saturated rings. The van der Waals surface area contributed by atoms with E-state index in [0.29, 0.717) is 51.5 Å². The quantitative estimate of drug-likeness (QED) is 0.0234. The molecule has 81 heavy (non-hydrogen) atoms. The molecule has 0 aromatic heterocycles. The van der Waals surface area contributed by atoms with Crippen molar-refractivity contribution in [3.05, 3.63) is 0 Å². The molecule has 0 unspecified atom stereocenters. The molecule has 14 N–H and O–H groups in total. The third-order valence-electron chi connectivity index (χ3n) is 15.7. The molecule has 0 saturated carbocycles. The van der Waals surface area contributed by atoms with Gasteiger partial charge in [0.1, 0.15) is 60.4 Å². The third kappa shape index (κ3) is 18.4. The summed E-state index contributed by atoms with van der Waals surface area (Å²) in [6.45, 7) is 8.56. The highest BCUT2D eigenvalue weighted by atomic mass is 32.1. The number of amides is 10. The van der Waals surface area contributed by atoms with Gasteiger partial charge in [-0.2, -0.15) is 12.6 Å². The minimum atomic E-state index is -1.80. The molecule has 14 atom stereocenters. The van der Waals surface area contributed by atoms with E-state index in [2.05, 4.69) is 55.2 Å². The Morgan fingerprint density at radius 3 is 1.62 bits per heavy atom. The highest BCUT2D eigenvalue weighted by molar-refractivity contribution is 7.80. The van der Waals surface area contributed by atoms with Gasteiger partial charge < -0.3 is 83.4 Å². The number of unbranched alkanes of at least 4 members (excludes halogenated alkanes) is 1. The lowest BCUT2D eigenvalue weighted by Gasteiger charge is -2.35. The Hall–Kier alpha value is -6.17. The van der Waals surface area contributed by atoms with Gasteiger partial charge in [0.2, 0.25) is 59.1 Å². The summed E-state index contributed by atoms with van der Waals surface area (Å²) in [6, 6.07) is -14.1. The number of carboxylic acid groups (broad SMARTS) is 2. The molecule has 28 nitrogen and oxygen atoms in total. The van der Waals surface area contributed by atoms with Crippen LogP contribution in [0.3, 0.4) is 0 Å². The van der Waals surface area contributed by atoms with E-state index < -0.39 is 162 Å². The zero-order valence-corrected chi connectivity index (χ0v) is 47.9. The first-order valence-corrected chi connectivity index (χ1v) is 28.9. The molecule has 4 aliphatic rings. The summed E-state index contributed by atoms with van der Waals surface area (Å²) in [4.78, 5) is 166. The van der Waals surface area contributed by atoms with Gasteiger partial charge in [-0.25, -0.2) is 4.79 Å². The summed E-state index contributed by atoms with van der Waals surface area (Å²) in [7, 11) is 0. The highest BCUT2D eigenvalue weighted by Gasteiger charge is 2.46. The summed E-state index contributed by atoms with van der Waals surface area (Å²) in [5, 5.41) is 60.9. The minimum absolute atomic E-state index is 0.0961. The van der Waals surface area contributed by atoms with Crippen molar-refractivity contribution in [3.8, 4) is 0 Å². The lowest BCUT2D eigenvalue weighted by molar-refractivity contribution is -0.149. The predicted octanol–water partition coefficient (Wildman–Crippen LogP) is -3.81. The first-order chi connectivity index (χ1) is 38.4. The molecule has 4 heterocycles. The third-order valence-corrected chi connectivity index (χ3v) is 16.1. The van der Waals surface area contributed by atoms with E-state index in [9.17, 15) is 78.0 Å². The first-order valence-electron chi connectivity index (χ1n) is 28.3. The molecule has 0 aromatic rings. The largest absolute Gasteiger partial charge is 0.481 e. The Balaban J connectivity index is 1.43. The van der Waals surface area contributed by atoms with Gasteiger partial charge in [-0.3, -0.25) is 52.7 Å². The van der Waals surface area contributed by atoms with Crippen molar-refractivity contribution in [2.45, 2.75) is 197 Å². The van der Waals surface area contributed by atoms with Crippen molar-refractivity contribution in [1.82, 2.24) is 57.2 Å². The number of aliphatic hydroxyl groups is 2. The molecule has 29 heteroatoms. The number of aliphatic carboxylic acids is 2. The number of hydrogen-bond acceptors (Lipinski definition) is 17. The zero-order valence-electron chi connectivity index (χ0n) is 47.0. The molecule has 0 radical (unpaired) electrons. The second kappa shape index (κ2) is 32.5. The number of likely N-dealkylation sites (tertiary alicyclic amines) is 3. The van der Waals surface area contributed by atoms with Crippen LogP contribution in [0.4, 0.5) is 0 Å². The van der Waals surface area contributed by atoms with Crippen molar-refractivity contribution in [3.63, 3.8) is 0 Å². The number of aliphatic hydroxyl groups excluding tert-OH is 2. The average Bonchev–Trinajstić information content (AvgIpc) is 4.31. The fourth-order valence-corrected chi connectivity index (χ4v) is 10.8. The maximum atomic E-state index is 14.5. The Morgan fingerprint density at radius 1 is 0.580 bits per heavy atom. The van der Waals surface area contributed by atoms with E-state index in [1.807, 2.05) is 0 Å². The molecule has 0 spiro atoms. The summed E-state index contributed by atoms with van der Waals surface area (Å²) in [6.07, 6.45) is 2.34. The second-order valence-electron chi connectivity index (χ2n) is 21.5. The molecule has 4 saturated heterocycles. The molecule has 0 aromatic carbocycles. The zero-order chi connectivity index (χ0) is 60.2. The van der Waals surface area contributed by atoms with Crippen LogP contribution in [-0.2, 0) is 57.5 Å². The predicted molar refractivity (Wildman–Crippen MR) is 293 cm³/mol. The van der Waals surface area contributed by atoms with Gasteiger partial charge in [-0.1, -0.05) is 40.5 Å². The minimum Gasteiger partial charge on any atom is -0.481 e. The van der Waals surface area contributed by atoms with Crippen LogP contribution in [0, 0.1) is 11.8 Å². The number of hydrogen-bond donors (Lipinski definition) is 14. The second-order valence-corrected chi connectivity index (χ2v) is 21.9. The molecule has 4 rings (SSSR count). The van der Waals surface area contributed by atoms with E-state index in [-0.39, 0.29) is 70.1 Å². The molecular weight excluding hydrogens is 1080 g/mol. The van der Waals surface area contributed by atoms with Crippen molar-refractivity contribution < 1.29 is 78.0 Å². The molecular formula is C52H86N12O16S. The van der Waals surface area contributed by atoms with Gasteiger partial charge in [0.25, 0.3) is 0 Å². The monoisotopic (exact) mass is 1170 g/mol. The van der Waals surface area contributed by atoms with E-state index in [0.717, 1.165) is 13.3 Å². The van der Waals surface area contributed by atoms with Gasteiger partial charge >= 0.3 is 11.9 Å². The standard InChI is InChI=1S/C52H86N12O16S/c1-6-27(3)39(51(78)64-23-13-18-37(64)50(77)63-22-12-17-36(63)47(74)60-40(52(79)80)28(4)7-2)59-44(71)33(25-65)57-42(69)30(14-8-9-19-53)55-48(75)41(29(5)66)61-45(72)34(26-81)58-43(70)32(24-38(67)68)56-46(73)35-16-11-21-62(35)49(76)31-15-10-20-54-31/h27-37,39-41,54,65-66,81H,6-26,53H2,1-5H3,(H,55,75)(H,56,73)(H,57,69)(H,58,70)(H,59,71)(H,60,74)(H,61,72)(H,67,68)(H,79,80)/t27-,28-,29+,30-,31-,32-,33-,34-,35-,36-,37-,39-,40-,41-/m0/s1. The topological polar surface area (TPSA) is 418 Å². The average molecular weight is 1170 g/mol. The van der Waals surface area contributed by atoms with Crippen LogP contribution in [0.1, 0.15) is 125 Å². The van der Waals surface area contributed by atoms with Gasteiger partial charge in [0, 0.05) is 25.4 Å². The normalized spacial score (nSPS) is 22.6. The lowest BCUT2D eigenvalue weighted by atomic mass is 9.96. The van der Waals surface area contributed by atoms with Gasteiger partial charge in [0.15, 0.2) is 0 Å². The molecule has 0 bridgehead atoms. The summed E-state index contributed by atoms with van der Waals surface area (Å²) < 4.78 is 0. The fraction of sp³-hybridized carbons (Fsp3) is 0.769. The van der Waals surface area contributed by atoms with Crippen LogP contribution in [0.2, 0.25) is 0 Å². The summed E-state index contributed by atoms with van der Waals surface area (Å²) in [5.41, 5.74) is 5.71. The Labute approximate surface area is 477 Å². The maximum Gasteiger partial charge on any atom is 0.326 e. The van der Waals surface area contributed by atoms with Crippen molar-refractivity contribution >= 4 is 83.6 Å². The van der Waals surface area contributed by atoms with Crippen LogP contribution in [0.25, 0.3) is 0 Å². The summed E-state index contributed by atoms with van der Waals surface area (Å²) >= 11 is 4.16. The Kier molecular flexibility index (Phi) is 27.0. The number of rotatable bonds is 31. The molecule has 10 amide bonds. The van der Waals surface area contributed by atoms with E-state index >= 15 is 0 Å². The van der Waals surface area contributed by atoms with E-state index in [1.54, 1.807) is 27.7 Å². The van der Waals surface area contributed by atoms with E-state index in [1.165, 1.54) is 14.7 Å². The molecule has 4 aliphatic heterocycles. The van der Waals surface area contributed by atoms with Crippen LogP contribution in [0.15, 0.2) is 0 Å². The first kappa shape index (κ1) is 67.3. The number of nitrogens with two attached hydrogens (primary N) is 1. The van der Waals surface area contributed by atoms with Crippen molar-refractivity contribution in [2.75, 3.05) is 45.1 Å². The van der Waals surface area contributed by atoms with Gasteiger partial charge in [-0.15, -0.1) is 0 Å². The Bertz CT molecular complexity index is 2260. The number of carbonyl (C=O) groups excluding carboxylic acids is 10. The molecule has 0 aliphatic carbocycles. The van der Waals surface area contributed by atoms with Crippen LogP contribution in [-0.4, -0.2) is 224 Å². The lowest BCUT2D eigenvalue weighted by Crippen LogP contribution is -2.63. The maximum absolute atomic E-state index is 14.5. The van der Waals surface area contributed by atoms with Crippen LogP contribution >= 0.6 is 12.6 Å². The number of carboxylic acids is 2. The number of thiol groups is 1. The summed E-state index contributed by atoms with van der Waals surface area (Å²) in [5.74, 6) is -12.1.